The molecule has 0 fully saturated rings. The monoisotopic (exact) mass is 366 g/mol. The summed E-state index contributed by atoms with van der Waals surface area (Å²) in [6.07, 6.45) is 0. The van der Waals surface area contributed by atoms with Crippen molar-refractivity contribution in [1.29, 1.82) is 0 Å². The van der Waals surface area contributed by atoms with Gasteiger partial charge in [0, 0.05) is 13.6 Å². The Morgan fingerprint density at radius 3 is 2.72 bits per heavy atom. The summed E-state index contributed by atoms with van der Waals surface area (Å²) in [6, 6.07) is 1.91. The van der Waals surface area contributed by atoms with Gasteiger partial charge in [0.1, 0.15) is 17.9 Å². The van der Waals surface area contributed by atoms with Crippen LogP contribution in [0.4, 0.5) is 5.69 Å². The molecule has 0 radical (unpaired) electrons. The van der Waals surface area contributed by atoms with Crippen LogP contribution in [0.1, 0.15) is 17.0 Å². The molecule has 134 valence electrons. The molecule has 0 aliphatic carbocycles. The van der Waals surface area contributed by atoms with Crippen LogP contribution in [0.2, 0.25) is 0 Å². The van der Waals surface area contributed by atoms with E-state index in [1.54, 1.807) is 7.05 Å². The van der Waals surface area contributed by atoms with E-state index in [4.69, 9.17) is 4.74 Å². The fourth-order valence-corrected chi connectivity index (χ4v) is 2.93. The molecule has 2 heterocycles. The zero-order valence-electron chi connectivity index (χ0n) is 14.1. The van der Waals surface area contributed by atoms with Crippen LogP contribution in [0.3, 0.4) is 0 Å². The maximum Gasteiger partial charge on any atom is 0.328 e. The van der Waals surface area contributed by atoms with Crippen LogP contribution < -0.4 is 0 Å². The highest BCUT2D eigenvalue weighted by Gasteiger charge is 2.23. The minimum atomic E-state index is -0.683. The van der Waals surface area contributed by atoms with Gasteiger partial charge in [0.05, 0.1) is 4.92 Å². The average molecular weight is 366 g/mol. The molecular weight excluding hydrogens is 348 g/mol. The molecule has 25 heavy (non-hydrogen) atoms. The molecule has 9 nitrogen and oxygen atoms in total. The van der Waals surface area contributed by atoms with Crippen LogP contribution in [0.5, 0.6) is 0 Å². The first-order valence-corrected chi connectivity index (χ1v) is 8.33. The Kier molecular flexibility index (Phi) is 5.86. The molecule has 0 bridgehead atoms. The molecule has 0 saturated carbocycles. The van der Waals surface area contributed by atoms with Crippen LogP contribution in [0, 0.1) is 24.0 Å². The third kappa shape index (κ3) is 4.63. The Bertz CT molecular complexity index is 784. The van der Waals surface area contributed by atoms with Gasteiger partial charge in [0.2, 0.25) is 0 Å². The molecule has 0 aliphatic heterocycles. The van der Waals surface area contributed by atoms with Crippen molar-refractivity contribution in [3.05, 3.63) is 43.9 Å². The molecule has 0 saturated heterocycles. The van der Waals surface area contributed by atoms with Gasteiger partial charge in [-0.15, -0.1) is 0 Å². The minimum absolute atomic E-state index is 0.126. The van der Waals surface area contributed by atoms with E-state index in [0.29, 0.717) is 6.54 Å². The van der Waals surface area contributed by atoms with E-state index in [-0.39, 0.29) is 36.1 Å². The fourth-order valence-electron chi connectivity index (χ4n) is 2.27. The Morgan fingerprint density at radius 1 is 1.44 bits per heavy atom. The predicted molar refractivity (Wildman–Crippen MR) is 90.1 cm³/mol. The highest BCUT2D eigenvalue weighted by atomic mass is 32.1. The van der Waals surface area contributed by atoms with Crippen molar-refractivity contribution in [2.45, 2.75) is 26.9 Å². The summed E-state index contributed by atoms with van der Waals surface area (Å²) in [5.74, 6) is -1.02. The molecule has 0 N–H and O–H groups in total. The van der Waals surface area contributed by atoms with Gasteiger partial charge >= 0.3 is 11.7 Å². The smallest absolute Gasteiger partial charge is 0.328 e. The van der Waals surface area contributed by atoms with Crippen molar-refractivity contribution >= 4 is 28.9 Å². The number of thiophene rings is 1. The summed E-state index contributed by atoms with van der Waals surface area (Å²) in [4.78, 5) is 35.7. The number of hydrogen-bond donors (Lipinski definition) is 0. The highest BCUT2D eigenvalue weighted by Crippen LogP contribution is 2.21. The molecule has 2 aromatic heterocycles. The van der Waals surface area contributed by atoms with Gasteiger partial charge in [0.25, 0.3) is 5.91 Å². The number of aromatic nitrogens is 2. The summed E-state index contributed by atoms with van der Waals surface area (Å²) in [5.41, 5.74) is 1.36. The van der Waals surface area contributed by atoms with Crippen molar-refractivity contribution in [3.8, 4) is 0 Å². The van der Waals surface area contributed by atoms with Crippen LogP contribution in [0.25, 0.3) is 0 Å². The van der Waals surface area contributed by atoms with E-state index in [2.05, 4.69) is 5.10 Å². The zero-order chi connectivity index (χ0) is 18.6. The number of hydrogen-bond acceptors (Lipinski definition) is 7. The van der Waals surface area contributed by atoms with Crippen molar-refractivity contribution in [2.24, 2.45) is 0 Å². The molecular formula is C15H18N4O5S. The van der Waals surface area contributed by atoms with Crippen molar-refractivity contribution in [2.75, 3.05) is 13.7 Å². The summed E-state index contributed by atoms with van der Waals surface area (Å²) in [7, 11) is 1.62. The first kappa shape index (κ1) is 18.6. The normalized spacial score (nSPS) is 10.5. The quantitative estimate of drug-likeness (QED) is 0.419. The molecule has 2 aromatic rings. The van der Waals surface area contributed by atoms with Crippen molar-refractivity contribution in [3.63, 3.8) is 0 Å². The largest absolute Gasteiger partial charge is 0.454 e. The second-order valence-electron chi connectivity index (χ2n) is 5.48. The molecule has 2 rings (SSSR count). The van der Waals surface area contributed by atoms with Crippen molar-refractivity contribution in [1.82, 2.24) is 14.7 Å². The van der Waals surface area contributed by atoms with Crippen LogP contribution in [0.15, 0.2) is 16.8 Å². The van der Waals surface area contributed by atoms with E-state index in [1.165, 1.54) is 34.8 Å². The van der Waals surface area contributed by atoms with Gasteiger partial charge in [0.15, 0.2) is 6.61 Å². The molecule has 0 aromatic carbocycles. The van der Waals surface area contributed by atoms with E-state index in [1.807, 2.05) is 16.8 Å². The van der Waals surface area contributed by atoms with Gasteiger partial charge in [-0.2, -0.15) is 16.4 Å². The summed E-state index contributed by atoms with van der Waals surface area (Å²) in [6.45, 7) is 2.76. The Hall–Kier alpha value is -2.75. The minimum Gasteiger partial charge on any atom is -0.454 e. The summed E-state index contributed by atoms with van der Waals surface area (Å²) >= 11 is 1.54. The number of nitro groups is 1. The molecule has 0 unspecified atom stereocenters. The van der Waals surface area contributed by atoms with Crippen LogP contribution in [-0.4, -0.2) is 45.1 Å². The third-order valence-corrected chi connectivity index (χ3v) is 4.32. The van der Waals surface area contributed by atoms with E-state index in [0.717, 1.165) is 5.56 Å². The number of likely N-dealkylation sites (N-methyl/N-ethyl adjacent to an activating group) is 1. The maximum atomic E-state index is 12.0. The number of rotatable bonds is 7. The second kappa shape index (κ2) is 7.88. The lowest BCUT2D eigenvalue weighted by Crippen LogP contribution is -2.31. The topological polar surface area (TPSA) is 108 Å². The molecule has 1 amide bonds. The Morgan fingerprint density at radius 2 is 2.16 bits per heavy atom. The number of carbonyl (C=O) groups is 2. The lowest BCUT2D eigenvalue weighted by molar-refractivity contribution is -0.386. The third-order valence-electron chi connectivity index (χ3n) is 3.59. The van der Waals surface area contributed by atoms with E-state index >= 15 is 0 Å². The van der Waals surface area contributed by atoms with Gasteiger partial charge in [-0.25, -0.2) is 0 Å². The fraction of sp³-hybridized carbons (Fsp3) is 0.400. The number of aryl methyl sites for hydroxylation is 1. The van der Waals surface area contributed by atoms with Crippen LogP contribution >= 0.6 is 11.3 Å². The number of carbonyl (C=O) groups excluding carboxylic acids is 2. The first-order valence-electron chi connectivity index (χ1n) is 7.38. The van der Waals surface area contributed by atoms with Gasteiger partial charge < -0.3 is 9.64 Å². The lowest BCUT2D eigenvalue weighted by atomic mass is 10.3. The summed E-state index contributed by atoms with van der Waals surface area (Å²) in [5, 5.41) is 18.8. The van der Waals surface area contributed by atoms with Crippen LogP contribution in [-0.2, 0) is 27.4 Å². The van der Waals surface area contributed by atoms with E-state index in [9.17, 15) is 19.7 Å². The van der Waals surface area contributed by atoms with Crippen molar-refractivity contribution < 1.29 is 19.2 Å². The molecule has 10 heteroatoms. The molecule has 0 spiro atoms. The maximum absolute atomic E-state index is 12.0. The molecule has 0 atom stereocenters. The van der Waals surface area contributed by atoms with Gasteiger partial charge in [-0.05, 0) is 36.2 Å². The Labute approximate surface area is 148 Å². The zero-order valence-corrected chi connectivity index (χ0v) is 14.9. The average Bonchev–Trinajstić information content (AvgIpc) is 3.13. The number of nitrogens with zero attached hydrogens (tertiary/aromatic N) is 4. The Balaban J connectivity index is 1.87. The summed E-state index contributed by atoms with van der Waals surface area (Å²) < 4.78 is 6.16. The second-order valence-corrected chi connectivity index (χ2v) is 6.26. The lowest BCUT2D eigenvalue weighted by Gasteiger charge is -2.16. The number of esters is 1. The SMILES string of the molecule is Cc1nn(CC(=O)OCC(=O)N(C)Cc2ccsc2)c(C)c1[N+](=O)[O-]. The number of ether oxygens (including phenoxy) is 1. The van der Waals surface area contributed by atoms with Gasteiger partial charge in [-0.1, -0.05) is 0 Å². The molecule has 0 aliphatic rings. The highest BCUT2D eigenvalue weighted by molar-refractivity contribution is 7.07. The van der Waals surface area contributed by atoms with E-state index < -0.39 is 10.9 Å². The predicted octanol–water partition coefficient (Wildman–Crippen LogP) is 1.67. The first-order chi connectivity index (χ1) is 11.8. The number of amides is 1. The van der Waals surface area contributed by atoms with Gasteiger partial charge in [-0.3, -0.25) is 24.4 Å². The standard InChI is InChI=1S/C15H18N4O5S/c1-10-15(19(22)23)11(2)18(16-10)7-14(21)24-8-13(20)17(3)6-12-4-5-25-9-12/h4-5,9H,6-8H2,1-3H3.